The second-order valence-corrected chi connectivity index (χ2v) is 6.17. The molecule has 1 aliphatic rings. The predicted octanol–water partition coefficient (Wildman–Crippen LogP) is 2.51. The lowest BCUT2D eigenvalue weighted by Crippen LogP contribution is -2.42. The van der Waals surface area contributed by atoms with Crippen LogP contribution in [0, 0.1) is 0 Å². The summed E-state index contributed by atoms with van der Waals surface area (Å²) in [4.78, 5) is 6.47. The van der Waals surface area contributed by atoms with E-state index in [1.54, 1.807) is 13.3 Å². The quantitative estimate of drug-likeness (QED) is 0.883. The van der Waals surface area contributed by atoms with E-state index in [9.17, 15) is 0 Å². The van der Waals surface area contributed by atoms with Gasteiger partial charge in [-0.25, -0.2) is 4.98 Å². The average molecular weight is 327 g/mol. The van der Waals surface area contributed by atoms with Crippen LogP contribution in [0.3, 0.4) is 0 Å². The zero-order chi connectivity index (χ0) is 16.8. The molecule has 1 atom stereocenters. The number of anilines is 1. The predicted molar refractivity (Wildman–Crippen MR) is 95.0 cm³/mol. The fraction of sp³-hybridized carbons (Fsp3) is 0.421. The molecular formula is C19H25N3O2. The molecule has 2 aromatic rings. The lowest BCUT2D eigenvalue weighted by atomic mass is 10.1. The van der Waals surface area contributed by atoms with Crippen LogP contribution in [0.1, 0.15) is 17.5 Å². The molecule has 5 nitrogen and oxygen atoms in total. The number of para-hydroxylation sites is 1. The van der Waals surface area contributed by atoms with E-state index in [-0.39, 0.29) is 6.10 Å². The van der Waals surface area contributed by atoms with Gasteiger partial charge < -0.3 is 15.2 Å². The number of nitrogens with zero attached hydrogens (tertiary/aromatic N) is 2. The molecule has 0 unspecified atom stereocenters. The van der Waals surface area contributed by atoms with Gasteiger partial charge in [-0.3, -0.25) is 4.90 Å². The van der Waals surface area contributed by atoms with Crippen molar-refractivity contribution in [3.63, 3.8) is 0 Å². The molecule has 5 heteroatoms. The summed E-state index contributed by atoms with van der Waals surface area (Å²) in [6.07, 6.45) is 3.97. The van der Waals surface area contributed by atoms with Crippen LogP contribution >= 0.6 is 0 Å². The molecule has 1 fully saturated rings. The summed E-state index contributed by atoms with van der Waals surface area (Å²) >= 11 is 0. The lowest BCUT2D eigenvalue weighted by Gasteiger charge is -2.33. The van der Waals surface area contributed by atoms with E-state index in [1.165, 1.54) is 11.1 Å². The number of aryl methyl sites for hydroxylation is 1. The number of hydrogen-bond acceptors (Lipinski definition) is 5. The van der Waals surface area contributed by atoms with Gasteiger partial charge in [-0.15, -0.1) is 0 Å². The molecule has 0 aliphatic carbocycles. The van der Waals surface area contributed by atoms with Crippen LogP contribution in [0.5, 0.6) is 5.75 Å². The summed E-state index contributed by atoms with van der Waals surface area (Å²) in [7, 11) is 1.72. The van der Waals surface area contributed by atoms with Gasteiger partial charge in [0.15, 0.2) is 0 Å². The summed E-state index contributed by atoms with van der Waals surface area (Å²) in [6, 6.07) is 12.2. The van der Waals surface area contributed by atoms with E-state index < -0.39 is 0 Å². The maximum atomic E-state index is 5.93. The van der Waals surface area contributed by atoms with Crippen molar-refractivity contribution in [3.8, 4) is 5.75 Å². The molecule has 0 radical (unpaired) electrons. The highest BCUT2D eigenvalue weighted by molar-refractivity contribution is 5.33. The fourth-order valence-electron chi connectivity index (χ4n) is 3.15. The van der Waals surface area contributed by atoms with Gasteiger partial charge in [0.2, 0.25) is 0 Å². The highest BCUT2D eigenvalue weighted by Gasteiger charge is 2.21. The summed E-state index contributed by atoms with van der Waals surface area (Å²) in [5.41, 5.74) is 8.18. The lowest BCUT2D eigenvalue weighted by molar-refractivity contribution is -0.0347. The monoisotopic (exact) mass is 327 g/mol. The number of morpholine rings is 1. The molecule has 0 spiro atoms. The number of hydrogen-bond donors (Lipinski definition) is 1. The number of nitrogen functional groups attached to an aromatic ring is 1. The first kappa shape index (κ1) is 16.7. The standard InChI is InChI=1S/C19H25N3O2/c1-23-18-5-3-2-4-16(18)13-22-10-11-24-17(14-22)7-6-15-8-9-21-19(20)12-15/h2-5,8-9,12,17H,6-7,10-11,13-14H2,1H3,(H2,20,21)/t17-/m1/s1. The molecule has 3 rings (SSSR count). The van der Waals surface area contributed by atoms with Crippen molar-refractivity contribution in [1.82, 2.24) is 9.88 Å². The topological polar surface area (TPSA) is 60.6 Å². The summed E-state index contributed by atoms with van der Waals surface area (Å²) in [5, 5.41) is 0. The number of rotatable bonds is 6. The SMILES string of the molecule is COc1ccccc1CN1CCO[C@H](CCc2ccnc(N)c2)C1. The molecule has 1 aromatic heterocycles. The van der Waals surface area contributed by atoms with E-state index in [4.69, 9.17) is 15.2 Å². The van der Waals surface area contributed by atoms with E-state index in [1.807, 2.05) is 24.3 Å². The molecule has 2 N–H and O–H groups in total. The van der Waals surface area contributed by atoms with E-state index >= 15 is 0 Å². The Hall–Kier alpha value is -2.11. The van der Waals surface area contributed by atoms with Crippen LogP contribution in [0.15, 0.2) is 42.6 Å². The summed E-state index contributed by atoms with van der Waals surface area (Å²) in [6.45, 7) is 3.57. The number of aromatic nitrogens is 1. The maximum Gasteiger partial charge on any atom is 0.123 e. The minimum absolute atomic E-state index is 0.253. The van der Waals surface area contributed by atoms with Crippen molar-refractivity contribution < 1.29 is 9.47 Å². The Kier molecular flexibility index (Phi) is 5.67. The van der Waals surface area contributed by atoms with Gasteiger partial charge in [-0.05, 0) is 36.6 Å². The molecule has 1 saturated heterocycles. The molecule has 24 heavy (non-hydrogen) atoms. The number of nitrogens with two attached hydrogens (primary N) is 1. The highest BCUT2D eigenvalue weighted by Crippen LogP contribution is 2.21. The first-order chi connectivity index (χ1) is 11.7. The van der Waals surface area contributed by atoms with Crippen molar-refractivity contribution in [2.24, 2.45) is 0 Å². The Balaban J connectivity index is 1.54. The molecule has 0 bridgehead atoms. The Bertz CT molecular complexity index is 663. The Morgan fingerprint density at radius 3 is 3.04 bits per heavy atom. The minimum atomic E-state index is 0.253. The Morgan fingerprint density at radius 2 is 2.21 bits per heavy atom. The van der Waals surface area contributed by atoms with Crippen LogP contribution < -0.4 is 10.5 Å². The van der Waals surface area contributed by atoms with Crippen molar-refractivity contribution in [2.75, 3.05) is 32.5 Å². The van der Waals surface area contributed by atoms with Gasteiger partial charge in [-0.1, -0.05) is 18.2 Å². The molecule has 128 valence electrons. The fourth-order valence-corrected chi connectivity index (χ4v) is 3.15. The van der Waals surface area contributed by atoms with Crippen LogP contribution in [-0.2, 0) is 17.7 Å². The number of benzene rings is 1. The van der Waals surface area contributed by atoms with Crippen molar-refractivity contribution in [2.45, 2.75) is 25.5 Å². The summed E-state index contributed by atoms with van der Waals surface area (Å²) in [5.74, 6) is 1.53. The van der Waals surface area contributed by atoms with E-state index in [0.717, 1.165) is 44.8 Å². The van der Waals surface area contributed by atoms with Crippen LogP contribution in [0.2, 0.25) is 0 Å². The number of methoxy groups -OCH3 is 1. The number of pyridine rings is 1. The first-order valence-electron chi connectivity index (χ1n) is 8.41. The Labute approximate surface area is 143 Å². The van der Waals surface area contributed by atoms with Gasteiger partial charge in [0, 0.05) is 31.4 Å². The van der Waals surface area contributed by atoms with Gasteiger partial charge in [0.25, 0.3) is 0 Å². The zero-order valence-electron chi connectivity index (χ0n) is 14.1. The minimum Gasteiger partial charge on any atom is -0.496 e. The van der Waals surface area contributed by atoms with Gasteiger partial charge in [0.05, 0.1) is 19.8 Å². The number of ether oxygens (including phenoxy) is 2. The van der Waals surface area contributed by atoms with Crippen LogP contribution in [0.4, 0.5) is 5.82 Å². The molecule has 1 aromatic carbocycles. The maximum absolute atomic E-state index is 5.93. The van der Waals surface area contributed by atoms with Crippen LogP contribution in [0.25, 0.3) is 0 Å². The highest BCUT2D eigenvalue weighted by atomic mass is 16.5. The second kappa shape index (κ2) is 8.13. The van der Waals surface area contributed by atoms with Crippen molar-refractivity contribution >= 4 is 5.82 Å². The van der Waals surface area contributed by atoms with Crippen LogP contribution in [-0.4, -0.2) is 42.8 Å². The molecule has 1 aliphatic heterocycles. The smallest absolute Gasteiger partial charge is 0.123 e. The van der Waals surface area contributed by atoms with E-state index in [0.29, 0.717) is 5.82 Å². The molecule has 2 heterocycles. The second-order valence-electron chi connectivity index (χ2n) is 6.17. The van der Waals surface area contributed by atoms with Gasteiger partial charge >= 0.3 is 0 Å². The third-order valence-corrected chi connectivity index (χ3v) is 4.41. The van der Waals surface area contributed by atoms with E-state index in [2.05, 4.69) is 22.0 Å². The Morgan fingerprint density at radius 1 is 1.33 bits per heavy atom. The van der Waals surface area contributed by atoms with Gasteiger partial charge in [0.1, 0.15) is 11.6 Å². The first-order valence-corrected chi connectivity index (χ1v) is 8.41. The average Bonchev–Trinajstić information content (AvgIpc) is 2.61. The van der Waals surface area contributed by atoms with Crippen molar-refractivity contribution in [1.29, 1.82) is 0 Å². The molecule has 0 amide bonds. The third kappa shape index (κ3) is 4.46. The summed E-state index contributed by atoms with van der Waals surface area (Å²) < 4.78 is 11.4. The molecular weight excluding hydrogens is 302 g/mol. The largest absolute Gasteiger partial charge is 0.496 e. The zero-order valence-corrected chi connectivity index (χ0v) is 14.1. The normalized spacial score (nSPS) is 18.5. The van der Waals surface area contributed by atoms with Crippen molar-refractivity contribution in [3.05, 3.63) is 53.7 Å². The third-order valence-electron chi connectivity index (χ3n) is 4.41. The molecule has 0 saturated carbocycles. The van der Waals surface area contributed by atoms with Gasteiger partial charge in [-0.2, -0.15) is 0 Å².